The number of rotatable bonds is 4. The highest BCUT2D eigenvalue weighted by Gasteiger charge is 2.20. The summed E-state index contributed by atoms with van der Waals surface area (Å²) in [7, 11) is 0. The predicted octanol–water partition coefficient (Wildman–Crippen LogP) is 1.37. The van der Waals surface area contributed by atoms with Crippen LogP contribution < -0.4 is 15.8 Å². The van der Waals surface area contributed by atoms with E-state index in [-0.39, 0.29) is 5.91 Å². The van der Waals surface area contributed by atoms with Crippen LogP contribution in [0.2, 0.25) is 0 Å². The van der Waals surface area contributed by atoms with E-state index in [0.717, 1.165) is 30.0 Å². The molecule has 3 rings (SSSR count). The van der Waals surface area contributed by atoms with Crippen molar-refractivity contribution in [1.82, 2.24) is 4.90 Å². The van der Waals surface area contributed by atoms with Crippen molar-refractivity contribution in [2.45, 2.75) is 31.7 Å². The van der Waals surface area contributed by atoms with Gasteiger partial charge >= 0.3 is 0 Å². The fourth-order valence-electron chi connectivity index (χ4n) is 2.95. The number of nitrogens with two attached hydrogens (primary N) is 1. The molecule has 0 aliphatic carbocycles. The van der Waals surface area contributed by atoms with Crippen molar-refractivity contribution in [2.75, 3.05) is 31.6 Å². The number of anilines is 1. The number of amides is 1. The lowest BCUT2D eigenvalue weighted by Crippen LogP contribution is -2.34. The Kier molecular flexibility index (Phi) is 4.41. The number of aryl methyl sites for hydroxylation is 1. The highest BCUT2D eigenvalue weighted by Crippen LogP contribution is 2.26. The van der Waals surface area contributed by atoms with Crippen LogP contribution in [0.25, 0.3) is 0 Å². The van der Waals surface area contributed by atoms with Crippen LogP contribution in [0.3, 0.4) is 0 Å². The molecule has 5 heteroatoms. The normalized spacial score (nSPS) is 22.5. The van der Waals surface area contributed by atoms with Gasteiger partial charge in [-0.15, -0.1) is 0 Å². The van der Waals surface area contributed by atoms with E-state index in [4.69, 9.17) is 10.5 Å². The molecule has 2 aliphatic rings. The Labute approximate surface area is 125 Å². The molecule has 1 saturated heterocycles. The molecule has 0 saturated carbocycles. The van der Waals surface area contributed by atoms with Gasteiger partial charge in [0.15, 0.2) is 0 Å². The minimum atomic E-state index is -0.420. The van der Waals surface area contributed by atoms with Crippen molar-refractivity contribution >= 4 is 11.6 Å². The Balaban J connectivity index is 1.59. The van der Waals surface area contributed by atoms with Crippen LogP contribution in [0.15, 0.2) is 18.2 Å². The maximum atomic E-state index is 11.8. The number of likely N-dealkylation sites (tertiary alicyclic amines) is 1. The van der Waals surface area contributed by atoms with Gasteiger partial charge < -0.3 is 15.8 Å². The maximum absolute atomic E-state index is 11.8. The molecule has 21 heavy (non-hydrogen) atoms. The Morgan fingerprint density at radius 1 is 1.33 bits per heavy atom. The summed E-state index contributed by atoms with van der Waals surface area (Å²) < 4.78 is 5.81. The summed E-state index contributed by atoms with van der Waals surface area (Å²) in [5.41, 5.74) is 7.76. The summed E-state index contributed by atoms with van der Waals surface area (Å²) in [5.74, 6) is 0.701. The van der Waals surface area contributed by atoms with Gasteiger partial charge in [0.05, 0.1) is 6.04 Å². The highest BCUT2D eigenvalue weighted by molar-refractivity contribution is 5.96. The fraction of sp³-hybridized carbons (Fsp3) is 0.562. The van der Waals surface area contributed by atoms with Gasteiger partial charge in [0.1, 0.15) is 12.4 Å². The van der Waals surface area contributed by atoms with E-state index < -0.39 is 6.04 Å². The number of hydrogen-bond donors (Lipinski definition) is 2. The Bertz CT molecular complexity index is 512. The quantitative estimate of drug-likeness (QED) is 0.878. The second kappa shape index (κ2) is 6.45. The molecular formula is C16H23N3O2. The molecule has 1 atom stereocenters. The topological polar surface area (TPSA) is 67.6 Å². The summed E-state index contributed by atoms with van der Waals surface area (Å²) >= 11 is 0. The van der Waals surface area contributed by atoms with Crippen molar-refractivity contribution in [3.8, 4) is 5.75 Å². The molecule has 2 heterocycles. The van der Waals surface area contributed by atoms with Crippen LogP contribution in [0.4, 0.5) is 5.69 Å². The van der Waals surface area contributed by atoms with Crippen molar-refractivity contribution in [3.05, 3.63) is 23.8 Å². The number of hydrogen-bond acceptors (Lipinski definition) is 4. The molecule has 0 radical (unpaired) electrons. The number of carbonyl (C=O) groups excluding carboxylic acids is 1. The molecule has 114 valence electrons. The number of nitrogens with zero attached hydrogens (tertiary/aromatic N) is 1. The first-order valence-corrected chi connectivity index (χ1v) is 7.77. The molecule has 1 amide bonds. The first kappa shape index (κ1) is 14.4. The molecular weight excluding hydrogens is 266 g/mol. The molecule has 0 aromatic heterocycles. The molecule has 0 unspecified atom stereocenters. The van der Waals surface area contributed by atoms with Gasteiger partial charge in [0, 0.05) is 18.3 Å². The predicted molar refractivity (Wildman–Crippen MR) is 82.5 cm³/mol. The molecule has 5 nitrogen and oxygen atoms in total. The molecule has 0 bridgehead atoms. The van der Waals surface area contributed by atoms with E-state index in [2.05, 4.69) is 10.2 Å². The van der Waals surface area contributed by atoms with Gasteiger partial charge in [-0.1, -0.05) is 6.07 Å². The van der Waals surface area contributed by atoms with Crippen molar-refractivity contribution in [3.63, 3.8) is 0 Å². The van der Waals surface area contributed by atoms with Crippen LogP contribution >= 0.6 is 0 Å². The van der Waals surface area contributed by atoms with Crippen molar-refractivity contribution < 1.29 is 9.53 Å². The van der Waals surface area contributed by atoms with Gasteiger partial charge in [0.2, 0.25) is 5.91 Å². The lowest BCUT2D eigenvalue weighted by atomic mass is 10.1. The van der Waals surface area contributed by atoms with Crippen LogP contribution in [0.5, 0.6) is 5.75 Å². The standard InChI is InChI=1S/C16H23N3O2/c17-14-6-4-12-3-5-13(11-15(12)18-16(14)20)21-10-9-19-7-1-2-8-19/h3,5,11,14H,1-2,4,6-10,17H2,(H,18,20)/t14-/m0/s1. The van der Waals surface area contributed by atoms with E-state index in [9.17, 15) is 4.79 Å². The van der Waals surface area contributed by atoms with Crippen LogP contribution in [-0.4, -0.2) is 43.1 Å². The van der Waals surface area contributed by atoms with Gasteiger partial charge in [-0.3, -0.25) is 9.69 Å². The number of fused-ring (bicyclic) bond motifs is 1. The lowest BCUT2D eigenvalue weighted by Gasteiger charge is -2.16. The van der Waals surface area contributed by atoms with Crippen molar-refractivity contribution in [1.29, 1.82) is 0 Å². The van der Waals surface area contributed by atoms with Crippen LogP contribution in [0.1, 0.15) is 24.8 Å². The minimum Gasteiger partial charge on any atom is -0.492 e. The van der Waals surface area contributed by atoms with E-state index >= 15 is 0 Å². The average Bonchev–Trinajstić information content (AvgIpc) is 2.94. The number of benzene rings is 1. The monoisotopic (exact) mass is 289 g/mol. The summed E-state index contributed by atoms with van der Waals surface area (Å²) in [6.45, 7) is 4.02. The molecule has 3 N–H and O–H groups in total. The lowest BCUT2D eigenvalue weighted by molar-refractivity contribution is -0.117. The third kappa shape index (κ3) is 3.54. The SMILES string of the molecule is N[C@H]1CCc2ccc(OCCN3CCCC3)cc2NC1=O. The number of ether oxygens (including phenoxy) is 1. The Morgan fingerprint density at radius 3 is 2.95 bits per heavy atom. The van der Waals surface area contributed by atoms with Crippen LogP contribution in [-0.2, 0) is 11.2 Å². The van der Waals surface area contributed by atoms with Crippen LogP contribution in [0, 0.1) is 0 Å². The summed E-state index contributed by atoms with van der Waals surface area (Å²) in [5, 5.41) is 2.89. The zero-order valence-corrected chi connectivity index (χ0v) is 12.3. The van der Waals surface area contributed by atoms with E-state index in [1.54, 1.807) is 0 Å². The zero-order valence-electron chi connectivity index (χ0n) is 12.3. The Morgan fingerprint density at radius 2 is 2.14 bits per heavy atom. The fourth-order valence-corrected chi connectivity index (χ4v) is 2.95. The van der Waals surface area contributed by atoms with E-state index in [0.29, 0.717) is 13.0 Å². The minimum absolute atomic E-state index is 0.108. The molecule has 1 aromatic carbocycles. The zero-order chi connectivity index (χ0) is 14.7. The van der Waals surface area contributed by atoms with E-state index in [1.165, 1.54) is 25.9 Å². The van der Waals surface area contributed by atoms with Gasteiger partial charge in [-0.25, -0.2) is 0 Å². The summed E-state index contributed by atoms with van der Waals surface area (Å²) in [6, 6.07) is 5.50. The summed E-state index contributed by atoms with van der Waals surface area (Å²) in [4.78, 5) is 14.2. The third-order valence-electron chi connectivity index (χ3n) is 4.28. The largest absolute Gasteiger partial charge is 0.492 e. The second-order valence-corrected chi connectivity index (χ2v) is 5.85. The summed E-state index contributed by atoms with van der Waals surface area (Å²) in [6.07, 6.45) is 4.10. The van der Waals surface area contributed by atoms with Gasteiger partial charge in [-0.05, 0) is 50.4 Å². The maximum Gasteiger partial charge on any atom is 0.241 e. The average molecular weight is 289 g/mol. The smallest absolute Gasteiger partial charge is 0.241 e. The van der Waals surface area contributed by atoms with Crippen molar-refractivity contribution in [2.24, 2.45) is 5.73 Å². The number of carbonyl (C=O) groups is 1. The third-order valence-corrected chi connectivity index (χ3v) is 4.28. The molecule has 0 spiro atoms. The Hall–Kier alpha value is -1.59. The molecule has 2 aliphatic heterocycles. The van der Waals surface area contributed by atoms with Gasteiger partial charge in [0.25, 0.3) is 0 Å². The molecule has 1 aromatic rings. The first-order chi connectivity index (χ1) is 10.2. The molecule has 1 fully saturated rings. The van der Waals surface area contributed by atoms with E-state index in [1.807, 2.05) is 18.2 Å². The second-order valence-electron chi connectivity index (χ2n) is 5.85. The van der Waals surface area contributed by atoms with Gasteiger partial charge in [-0.2, -0.15) is 0 Å². The first-order valence-electron chi connectivity index (χ1n) is 7.77. The number of nitrogens with one attached hydrogen (secondary N) is 1. The highest BCUT2D eigenvalue weighted by atomic mass is 16.5.